The normalized spacial score (nSPS) is 17.2. The number of nitrogens with one attached hydrogen (secondary N) is 1. The minimum atomic E-state index is -3.69. The molecule has 1 fully saturated rings. The van der Waals surface area contributed by atoms with E-state index in [4.69, 9.17) is 5.14 Å². The molecule has 7 heteroatoms. The standard InChI is InChI=1S/C17H19N3O3S/c18-24(22,23)15-8-6-13(7-9-15)12-19-17(21)20-11-10-16(20)14-4-2-1-3-5-14/h1-9,16H,10-12H2,(H,19,21)(H2,18,22,23)/t16-/m1/s1. The fourth-order valence-electron chi connectivity index (χ4n) is 2.73. The molecule has 2 aromatic carbocycles. The van der Waals surface area contributed by atoms with Crippen molar-refractivity contribution >= 4 is 16.1 Å². The molecule has 2 aromatic rings. The van der Waals surface area contributed by atoms with Crippen molar-refractivity contribution in [3.05, 3.63) is 65.7 Å². The van der Waals surface area contributed by atoms with E-state index in [2.05, 4.69) is 5.32 Å². The molecule has 1 saturated heterocycles. The highest BCUT2D eigenvalue weighted by molar-refractivity contribution is 7.89. The summed E-state index contributed by atoms with van der Waals surface area (Å²) >= 11 is 0. The third-order valence-corrected chi connectivity index (χ3v) is 5.09. The predicted octanol–water partition coefficient (Wildman–Crippen LogP) is 1.99. The molecule has 24 heavy (non-hydrogen) atoms. The number of primary sulfonamides is 1. The molecule has 1 aliphatic heterocycles. The SMILES string of the molecule is NS(=O)(=O)c1ccc(CNC(=O)N2CC[C@@H]2c2ccccc2)cc1. The number of likely N-dealkylation sites (tertiary alicyclic amines) is 1. The van der Waals surface area contributed by atoms with Crippen LogP contribution in [0.15, 0.2) is 59.5 Å². The first-order valence-corrected chi connectivity index (χ1v) is 9.21. The van der Waals surface area contributed by atoms with E-state index in [1.54, 1.807) is 17.0 Å². The molecule has 3 rings (SSSR count). The fourth-order valence-corrected chi connectivity index (χ4v) is 3.24. The summed E-state index contributed by atoms with van der Waals surface area (Å²) in [7, 11) is -3.69. The number of hydrogen-bond acceptors (Lipinski definition) is 3. The van der Waals surface area contributed by atoms with Crippen molar-refractivity contribution in [1.29, 1.82) is 0 Å². The van der Waals surface area contributed by atoms with Crippen LogP contribution in [0.3, 0.4) is 0 Å². The summed E-state index contributed by atoms with van der Waals surface area (Å²) in [4.78, 5) is 14.2. The number of sulfonamides is 1. The number of nitrogens with zero attached hydrogens (tertiary/aromatic N) is 1. The largest absolute Gasteiger partial charge is 0.334 e. The summed E-state index contributed by atoms with van der Waals surface area (Å²) in [6.45, 7) is 1.07. The van der Waals surface area contributed by atoms with E-state index in [-0.39, 0.29) is 17.0 Å². The van der Waals surface area contributed by atoms with Crippen LogP contribution < -0.4 is 10.5 Å². The van der Waals surface area contributed by atoms with Gasteiger partial charge in [0.1, 0.15) is 0 Å². The topological polar surface area (TPSA) is 92.5 Å². The molecular formula is C17H19N3O3S. The zero-order valence-electron chi connectivity index (χ0n) is 13.1. The molecule has 1 aliphatic rings. The van der Waals surface area contributed by atoms with E-state index >= 15 is 0 Å². The molecule has 0 radical (unpaired) electrons. The molecule has 126 valence electrons. The van der Waals surface area contributed by atoms with Crippen molar-refractivity contribution in [2.24, 2.45) is 5.14 Å². The van der Waals surface area contributed by atoms with Gasteiger partial charge in [0.2, 0.25) is 10.0 Å². The lowest BCUT2D eigenvalue weighted by Gasteiger charge is -2.41. The van der Waals surface area contributed by atoms with E-state index < -0.39 is 10.0 Å². The predicted molar refractivity (Wildman–Crippen MR) is 90.6 cm³/mol. The summed E-state index contributed by atoms with van der Waals surface area (Å²) < 4.78 is 22.4. The minimum absolute atomic E-state index is 0.0597. The Morgan fingerprint density at radius 2 is 1.79 bits per heavy atom. The van der Waals surface area contributed by atoms with Gasteiger partial charge in [-0.3, -0.25) is 0 Å². The van der Waals surface area contributed by atoms with E-state index in [9.17, 15) is 13.2 Å². The van der Waals surface area contributed by atoms with Crippen molar-refractivity contribution in [2.75, 3.05) is 6.54 Å². The smallest absolute Gasteiger partial charge is 0.318 e. The summed E-state index contributed by atoms with van der Waals surface area (Å²) in [6, 6.07) is 16.1. The number of rotatable bonds is 4. The molecule has 1 heterocycles. The van der Waals surface area contributed by atoms with E-state index in [1.807, 2.05) is 30.3 Å². The molecular weight excluding hydrogens is 326 g/mol. The van der Waals surface area contributed by atoms with Crippen LogP contribution in [0, 0.1) is 0 Å². The zero-order chi connectivity index (χ0) is 17.2. The van der Waals surface area contributed by atoms with Gasteiger partial charge < -0.3 is 10.2 Å². The Hall–Kier alpha value is -2.38. The molecule has 0 unspecified atom stereocenters. The van der Waals surface area contributed by atoms with Crippen molar-refractivity contribution in [1.82, 2.24) is 10.2 Å². The molecule has 0 spiro atoms. The number of urea groups is 1. The molecule has 1 atom stereocenters. The van der Waals surface area contributed by atoms with Gasteiger partial charge in [-0.15, -0.1) is 0 Å². The van der Waals surface area contributed by atoms with Crippen LogP contribution in [0.5, 0.6) is 0 Å². The lowest BCUT2D eigenvalue weighted by Crippen LogP contribution is -2.49. The number of amides is 2. The monoisotopic (exact) mass is 345 g/mol. The van der Waals surface area contributed by atoms with Crippen LogP contribution in [-0.2, 0) is 16.6 Å². The van der Waals surface area contributed by atoms with Gasteiger partial charge in [-0.25, -0.2) is 18.4 Å². The minimum Gasteiger partial charge on any atom is -0.334 e. The maximum absolute atomic E-state index is 12.3. The van der Waals surface area contributed by atoms with Gasteiger partial charge in [-0.05, 0) is 29.7 Å². The Morgan fingerprint density at radius 1 is 1.12 bits per heavy atom. The number of carbonyl (C=O) groups excluding carboxylic acids is 1. The van der Waals surface area contributed by atoms with Gasteiger partial charge in [0.25, 0.3) is 0 Å². The van der Waals surface area contributed by atoms with Crippen LogP contribution in [0.25, 0.3) is 0 Å². The average Bonchev–Trinajstić information content (AvgIpc) is 2.52. The van der Waals surface area contributed by atoms with Crippen LogP contribution in [0.1, 0.15) is 23.6 Å². The summed E-state index contributed by atoms with van der Waals surface area (Å²) in [5.41, 5.74) is 1.95. The molecule has 2 amide bonds. The second-order valence-electron chi connectivity index (χ2n) is 5.76. The summed E-state index contributed by atoms with van der Waals surface area (Å²) in [5, 5.41) is 7.93. The average molecular weight is 345 g/mol. The Morgan fingerprint density at radius 3 is 2.33 bits per heavy atom. The number of hydrogen-bond donors (Lipinski definition) is 2. The molecule has 0 aromatic heterocycles. The molecule has 3 N–H and O–H groups in total. The lowest BCUT2D eigenvalue weighted by molar-refractivity contribution is 0.115. The number of nitrogens with two attached hydrogens (primary N) is 1. The van der Waals surface area contributed by atoms with Gasteiger partial charge in [0.05, 0.1) is 10.9 Å². The Kier molecular flexibility index (Phi) is 4.55. The van der Waals surface area contributed by atoms with Gasteiger partial charge in [0, 0.05) is 13.1 Å². The summed E-state index contributed by atoms with van der Waals surface area (Å²) in [6.07, 6.45) is 0.959. The maximum atomic E-state index is 12.3. The highest BCUT2D eigenvalue weighted by atomic mass is 32.2. The highest BCUT2D eigenvalue weighted by Crippen LogP contribution is 2.32. The molecule has 0 aliphatic carbocycles. The van der Waals surface area contributed by atoms with Crippen molar-refractivity contribution in [2.45, 2.75) is 23.9 Å². The first kappa shape index (κ1) is 16.5. The summed E-state index contributed by atoms with van der Waals surface area (Å²) in [5.74, 6) is 0. The maximum Gasteiger partial charge on any atom is 0.318 e. The Bertz CT molecular complexity index is 820. The number of benzene rings is 2. The third kappa shape index (κ3) is 3.58. The van der Waals surface area contributed by atoms with E-state index in [0.29, 0.717) is 6.54 Å². The molecule has 0 saturated carbocycles. The van der Waals surface area contributed by atoms with Crippen molar-refractivity contribution in [3.8, 4) is 0 Å². The Labute approximate surface area is 141 Å². The van der Waals surface area contributed by atoms with Gasteiger partial charge >= 0.3 is 6.03 Å². The fraction of sp³-hybridized carbons (Fsp3) is 0.235. The zero-order valence-corrected chi connectivity index (χ0v) is 13.9. The first-order chi connectivity index (χ1) is 11.4. The van der Waals surface area contributed by atoms with Crippen LogP contribution >= 0.6 is 0 Å². The number of carbonyl (C=O) groups is 1. The first-order valence-electron chi connectivity index (χ1n) is 7.66. The lowest BCUT2D eigenvalue weighted by atomic mass is 9.95. The second kappa shape index (κ2) is 6.62. The van der Waals surface area contributed by atoms with Crippen LogP contribution in [-0.4, -0.2) is 25.9 Å². The second-order valence-corrected chi connectivity index (χ2v) is 7.32. The van der Waals surface area contributed by atoms with Crippen LogP contribution in [0.2, 0.25) is 0 Å². The third-order valence-electron chi connectivity index (χ3n) is 4.16. The van der Waals surface area contributed by atoms with Gasteiger partial charge in [0.15, 0.2) is 0 Å². The van der Waals surface area contributed by atoms with Crippen molar-refractivity contribution < 1.29 is 13.2 Å². The van der Waals surface area contributed by atoms with Gasteiger partial charge in [-0.1, -0.05) is 42.5 Å². The highest BCUT2D eigenvalue weighted by Gasteiger charge is 2.32. The van der Waals surface area contributed by atoms with E-state index in [1.165, 1.54) is 12.1 Å². The van der Waals surface area contributed by atoms with E-state index in [0.717, 1.165) is 24.1 Å². The Balaban J connectivity index is 1.58. The molecule has 0 bridgehead atoms. The quantitative estimate of drug-likeness (QED) is 0.887. The van der Waals surface area contributed by atoms with Crippen LogP contribution in [0.4, 0.5) is 4.79 Å². The molecule has 6 nitrogen and oxygen atoms in total. The van der Waals surface area contributed by atoms with Gasteiger partial charge in [-0.2, -0.15) is 0 Å². The van der Waals surface area contributed by atoms with Crippen molar-refractivity contribution in [3.63, 3.8) is 0 Å².